The van der Waals surface area contributed by atoms with Crippen molar-refractivity contribution in [1.29, 1.82) is 0 Å². The van der Waals surface area contributed by atoms with Crippen LogP contribution in [0.5, 0.6) is 0 Å². The van der Waals surface area contributed by atoms with E-state index in [0.29, 0.717) is 17.5 Å². The topological polar surface area (TPSA) is 38.7 Å². The highest BCUT2D eigenvalue weighted by Crippen LogP contribution is 2.41. The molecule has 58 heavy (non-hydrogen) atoms. The van der Waals surface area contributed by atoms with Crippen molar-refractivity contribution in [2.24, 2.45) is 0 Å². The van der Waals surface area contributed by atoms with Crippen LogP contribution in [0.4, 0.5) is 0 Å². The maximum absolute atomic E-state index is 4.96. The molecule has 1 aromatic heterocycles. The van der Waals surface area contributed by atoms with Crippen LogP contribution in [-0.2, 0) is 0 Å². The molecule has 0 saturated carbocycles. The molecule has 0 aliphatic carbocycles. The Kier molecular flexibility index (Phi) is 8.15. The number of rotatable bonds is 6. The molecule has 0 amide bonds. The van der Waals surface area contributed by atoms with E-state index < -0.39 is 0 Å². The second kappa shape index (κ2) is 14.1. The first-order chi connectivity index (χ1) is 28.7. The quantitative estimate of drug-likeness (QED) is 0.160. The van der Waals surface area contributed by atoms with Gasteiger partial charge in [0.2, 0.25) is 0 Å². The number of hydrogen-bond acceptors (Lipinski definition) is 3. The zero-order valence-electron chi connectivity index (χ0n) is 31.5. The summed E-state index contributed by atoms with van der Waals surface area (Å²) in [5.41, 5.74) is 9.93. The van der Waals surface area contributed by atoms with E-state index in [0.717, 1.165) is 22.3 Å². The molecule has 0 aliphatic heterocycles. The van der Waals surface area contributed by atoms with Gasteiger partial charge in [-0.1, -0.05) is 206 Å². The molecular formula is C55H35N3. The van der Waals surface area contributed by atoms with E-state index in [4.69, 9.17) is 15.0 Å². The largest absolute Gasteiger partial charge is 0.208 e. The lowest BCUT2D eigenvalue weighted by atomic mass is 9.88. The molecule has 0 N–H and O–H groups in total. The molecule has 0 fully saturated rings. The molecule has 3 nitrogen and oxygen atoms in total. The van der Waals surface area contributed by atoms with E-state index in [1.165, 1.54) is 70.9 Å². The Morgan fingerprint density at radius 1 is 0.224 bits per heavy atom. The smallest absolute Gasteiger partial charge is 0.164 e. The highest BCUT2D eigenvalue weighted by molar-refractivity contribution is 6.25. The van der Waals surface area contributed by atoms with Crippen LogP contribution in [-0.4, -0.2) is 15.0 Å². The third-order valence-corrected chi connectivity index (χ3v) is 11.3. The fourth-order valence-corrected chi connectivity index (χ4v) is 8.48. The molecule has 0 aliphatic rings. The molecule has 0 unspecified atom stereocenters. The van der Waals surface area contributed by atoms with Gasteiger partial charge in [0.1, 0.15) is 0 Å². The molecule has 11 rings (SSSR count). The van der Waals surface area contributed by atoms with Crippen molar-refractivity contribution in [3.8, 4) is 67.5 Å². The fourth-order valence-electron chi connectivity index (χ4n) is 8.48. The van der Waals surface area contributed by atoms with Gasteiger partial charge in [0.25, 0.3) is 0 Å². The number of nitrogens with zero attached hydrogens (tertiary/aromatic N) is 3. The Hall–Kier alpha value is -7.75. The highest BCUT2D eigenvalue weighted by atomic mass is 15.0. The second-order valence-electron chi connectivity index (χ2n) is 14.8. The lowest BCUT2D eigenvalue weighted by Gasteiger charge is -2.16. The first-order valence-electron chi connectivity index (χ1n) is 19.7. The molecular weight excluding hydrogens is 703 g/mol. The van der Waals surface area contributed by atoms with Crippen molar-refractivity contribution in [2.75, 3.05) is 0 Å². The minimum Gasteiger partial charge on any atom is -0.208 e. The number of fused-ring (bicyclic) bond motifs is 7. The van der Waals surface area contributed by atoms with Gasteiger partial charge < -0.3 is 0 Å². The zero-order valence-corrected chi connectivity index (χ0v) is 31.5. The maximum Gasteiger partial charge on any atom is 0.164 e. The van der Waals surface area contributed by atoms with Crippen LogP contribution in [0.15, 0.2) is 212 Å². The summed E-state index contributed by atoms with van der Waals surface area (Å²) in [6.45, 7) is 0. The predicted molar refractivity (Wildman–Crippen MR) is 242 cm³/mol. The average Bonchev–Trinajstić information content (AvgIpc) is 3.31. The molecule has 10 aromatic carbocycles. The minimum absolute atomic E-state index is 0.642. The van der Waals surface area contributed by atoms with E-state index in [-0.39, 0.29) is 0 Å². The molecule has 0 atom stereocenters. The van der Waals surface area contributed by atoms with Crippen LogP contribution in [0.2, 0.25) is 0 Å². The first-order valence-corrected chi connectivity index (χ1v) is 19.7. The van der Waals surface area contributed by atoms with Gasteiger partial charge in [-0.25, -0.2) is 15.0 Å². The monoisotopic (exact) mass is 737 g/mol. The maximum atomic E-state index is 4.96. The Morgan fingerprint density at radius 3 is 1.19 bits per heavy atom. The van der Waals surface area contributed by atoms with Crippen LogP contribution in [0, 0.1) is 0 Å². The molecule has 3 heteroatoms. The van der Waals surface area contributed by atoms with Gasteiger partial charge in [0.05, 0.1) is 0 Å². The Morgan fingerprint density at radius 2 is 0.621 bits per heavy atom. The number of hydrogen-bond donors (Lipinski definition) is 0. The van der Waals surface area contributed by atoms with Gasteiger partial charge >= 0.3 is 0 Å². The van der Waals surface area contributed by atoms with Gasteiger partial charge in [0, 0.05) is 16.7 Å². The molecule has 0 saturated heterocycles. The van der Waals surface area contributed by atoms with Crippen molar-refractivity contribution in [1.82, 2.24) is 15.0 Å². The SMILES string of the molecule is c1ccc(-c2nc(-c3ccccc3)nc(-c3ccc(-c4ccc5ccccc5c4-c4ccc(-c5ccc6c7ccccc7c7ccccc7c6c5)cc4)cc3)n2)cc1. The summed E-state index contributed by atoms with van der Waals surface area (Å²) in [6.07, 6.45) is 0. The van der Waals surface area contributed by atoms with Gasteiger partial charge in [-0.05, 0) is 82.5 Å². The lowest BCUT2D eigenvalue weighted by molar-refractivity contribution is 1.07. The molecule has 270 valence electrons. The number of benzene rings is 10. The summed E-state index contributed by atoms with van der Waals surface area (Å²) in [5.74, 6) is 1.95. The van der Waals surface area contributed by atoms with E-state index >= 15 is 0 Å². The summed E-state index contributed by atoms with van der Waals surface area (Å²) in [4.78, 5) is 14.8. The summed E-state index contributed by atoms with van der Waals surface area (Å²) >= 11 is 0. The molecule has 0 bridgehead atoms. The standard InChI is InChI=1S/C55H35N3/c1-3-14-40(15-4-1)53-56-54(41-16-5-2-6-17-41)58-55(57-53)42-29-25-38(26-30-42)45-33-31-37-13-7-8-18-44(37)52(45)39-27-23-36(24-28-39)43-32-34-50-48-21-10-9-19-46(48)47-20-11-12-22-49(47)51(50)35-43/h1-35H. The minimum atomic E-state index is 0.642. The van der Waals surface area contributed by atoms with Crippen molar-refractivity contribution in [3.05, 3.63) is 212 Å². The van der Waals surface area contributed by atoms with E-state index in [1.54, 1.807) is 0 Å². The summed E-state index contributed by atoms with van der Waals surface area (Å²) in [5, 5.41) is 10.1. The van der Waals surface area contributed by atoms with Crippen LogP contribution < -0.4 is 0 Å². The van der Waals surface area contributed by atoms with Gasteiger partial charge in [0.15, 0.2) is 17.5 Å². The Labute approximate surface area is 336 Å². The molecule has 0 spiro atoms. The van der Waals surface area contributed by atoms with Gasteiger partial charge in [-0.3, -0.25) is 0 Å². The second-order valence-corrected chi connectivity index (χ2v) is 14.8. The zero-order chi connectivity index (χ0) is 38.4. The van der Waals surface area contributed by atoms with E-state index in [9.17, 15) is 0 Å². The van der Waals surface area contributed by atoms with Crippen LogP contribution in [0.3, 0.4) is 0 Å². The molecule has 1 heterocycles. The van der Waals surface area contributed by atoms with Crippen molar-refractivity contribution < 1.29 is 0 Å². The Bertz CT molecular complexity index is 3210. The molecule has 11 aromatic rings. The molecule has 0 radical (unpaired) electrons. The van der Waals surface area contributed by atoms with E-state index in [2.05, 4.69) is 152 Å². The van der Waals surface area contributed by atoms with Crippen LogP contribution >= 0.6 is 0 Å². The van der Waals surface area contributed by atoms with Crippen LogP contribution in [0.25, 0.3) is 111 Å². The summed E-state index contributed by atoms with van der Waals surface area (Å²) in [6, 6.07) is 75.5. The lowest BCUT2D eigenvalue weighted by Crippen LogP contribution is -2.00. The first kappa shape index (κ1) is 33.6. The fraction of sp³-hybridized carbons (Fsp3) is 0. The summed E-state index contributed by atoms with van der Waals surface area (Å²) in [7, 11) is 0. The highest BCUT2D eigenvalue weighted by Gasteiger charge is 2.16. The van der Waals surface area contributed by atoms with Crippen molar-refractivity contribution in [2.45, 2.75) is 0 Å². The van der Waals surface area contributed by atoms with E-state index in [1.807, 2.05) is 60.7 Å². The van der Waals surface area contributed by atoms with Crippen molar-refractivity contribution in [3.63, 3.8) is 0 Å². The Balaban J connectivity index is 0.988. The third-order valence-electron chi connectivity index (χ3n) is 11.3. The number of aromatic nitrogens is 3. The van der Waals surface area contributed by atoms with Gasteiger partial charge in [-0.15, -0.1) is 0 Å². The van der Waals surface area contributed by atoms with Crippen LogP contribution in [0.1, 0.15) is 0 Å². The van der Waals surface area contributed by atoms with Gasteiger partial charge in [-0.2, -0.15) is 0 Å². The predicted octanol–water partition coefficient (Wildman–Crippen LogP) is 14.5. The normalized spacial score (nSPS) is 11.4. The third kappa shape index (κ3) is 5.89. The summed E-state index contributed by atoms with van der Waals surface area (Å²) < 4.78 is 0. The average molecular weight is 738 g/mol. The van der Waals surface area contributed by atoms with Crippen molar-refractivity contribution >= 4 is 43.1 Å².